The summed E-state index contributed by atoms with van der Waals surface area (Å²) in [7, 11) is 0. The van der Waals surface area contributed by atoms with Gasteiger partial charge in [0.05, 0.1) is 19.4 Å². The Kier molecular flexibility index (Phi) is 6.00. The molecule has 6 nitrogen and oxygen atoms in total. The van der Waals surface area contributed by atoms with Crippen LogP contribution < -0.4 is 5.43 Å². The summed E-state index contributed by atoms with van der Waals surface area (Å²) in [5, 5.41) is 4.45. The fraction of sp³-hybridized carbons (Fsp3) is 0.348. The van der Waals surface area contributed by atoms with Crippen molar-refractivity contribution in [3.05, 3.63) is 70.2 Å². The molecular formula is C23H27N5O. The van der Waals surface area contributed by atoms with Crippen molar-refractivity contribution in [3.63, 3.8) is 0 Å². The van der Waals surface area contributed by atoms with Crippen LogP contribution >= 0.6 is 0 Å². The minimum Gasteiger partial charge on any atom is -0.378 e. The molecule has 0 amide bonds. The van der Waals surface area contributed by atoms with E-state index in [0.717, 1.165) is 50.5 Å². The minimum absolute atomic E-state index is 0.533. The number of benzene rings is 1. The van der Waals surface area contributed by atoms with Gasteiger partial charge in [-0.25, -0.2) is 15.4 Å². The molecule has 1 aliphatic heterocycles. The summed E-state index contributed by atoms with van der Waals surface area (Å²) in [5.41, 5.74) is 9.98. The summed E-state index contributed by atoms with van der Waals surface area (Å²) in [4.78, 5) is 11.2. The first kappa shape index (κ1) is 19.3. The zero-order chi connectivity index (χ0) is 20.1. The zero-order valence-electron chi connectivity index (χ0n) is 17.1. The molecule has 1 aromatic carbocycles. The van der Waals surface area contributed by atoms with Gasteiger partial charge in [-0.2, -0.15) is 5.10 Å². The van der Waals surface area contributed by atoms with Crippen LogP contribution in [-0.4, -0.2) is 47.4 Å². The number of aromatic nitrogens is 2. The first-order valence-electron chi connectivity index (χ1n) is 10.1. The number of hydrogen-bond donors (Lipinski definition) is 1. The van der Waals surface area contributed by atoms with E-state index in [9.17, 15) is 0 Å². The highest BCUT2D eigenvalue weighted by molar-refractivity contribution is 5.84. The maximum absolute atomic E-state index is 5.56. The number of morpholine rings is 1. The Hall–Kier alpha value is -2.99. The topological polar surface area (TPSA) is 62.6 Å². The van der Waals surface area contributed by atoms with Crippen molar-refractivity contribution in [2.75, 3.05) is 31.7 Å². The largest absolute Gasteiger partial charge is 0.378 e. The third kappa shape index (κ3) is 4.90. The number of hydrazone groups is 1. The summed E-state index contributed by atoms with van der Waals surface area (Å²) in [5.74, 6) is 0.533. The van der Waals surface area contributed by atoms with Gasteiger partial charge in [-0.05, 0) is 55.5 Å². The number of nitrogens with zero attached hydrogens (tertiary/aromatic N) is 4. The Balaban J connectivity index is 1.60. The molecule has 1 fully saturated rings. The van der Waals surface area contributed by atoms with Crippen LogP contribution in [0.4, 0.5) is 5.95 Å². The summed E-state index contributed by atoms with van der Waals surface area (Å²) in [6.07, 6.45) is 6.22. The fourth-order valence-electron chi connectivity index (χ4n) is 3.87. The van der Waals surface area contributed by atoms with E-state index < -0.39 is 0 Å². The molecule has 1 N–H and O–H groups in total. The molecule has 150 valence electrons. The van der Waals surface area contributed by atoms with Gasteiger partial charge in [0.2, 0.25) is 5.95 Å². The van der Waals surface area contributed by atoms with Crippen molar-refractivity contribution in [2.45, 2.75) is 26.7 Å². The van der Waals surface area contributed by atoms with Gasteiger partial charge in [-0.15, -0.1) is 0 Å². The van der Waals surface area contributed by atoms with E-state index in [0.29, 0.717) is 5.95 Å². The van der Waals surface area contributed by atoms with Crippen LogP contribution in [0, 0.1) is 13.8 Å². The molecule has 1 aromatic heterocycles. The van der Waals surface area contributed by atoms with E-state index in [1.165, 1.54) is 22.4 Å². The Labute approximate surface area is 172 Å². The first-order valence-corrected chi connectivity index (χ1v) is 10.1. The normalized spacial score (nSPS) is 18.8. The molecular weight excluding hydrogens is 362 g/mol. The van der Waals surface area contributed by atoms with Gasteiger partial charge in [0.15, 0.2) is 0 Å². The smallest absolute Gasteiger partial charge is 0.243 e. The van der Waals surface area contributed by atoms with Crippen LogP contribution in [0.15, 0.2) is 58.3 Å². The Morgan fingerprint density at radius 3 is 2.48 bits per heavy atom. The number of allylic oxidation sites excluding steroid dienone is 2. The second kappa shape index (κ2) is 9.01. The maximum Gasteiger partial charge on any atom is 0.243 e. The van der Waals surface area contributed by atoms with Crippen LogP contribution in [0.3, 0.4) is 0 Å². The van der Waals surface area contributed by atoms with Gasteiger partial charge in [0, 0.05) is 30.2 Å². The number of nitrogens with one attached hydrogen (secondary N) is 1. The lowest BCUT2D eigenvalue weighted by Crippen LogP contribution is -2.36. The number of ether oxygens (including phenoxy) is 1. The van der Waals surface area contributed by atoms with E-state index in [1.54, 1.807) is 0 Å². The molecule has 1 saturated heterocycles. The summed E-state index contributed by atoms with van der Waals surface area (Å²) in [6.45, 7) is 7.27. The lowest BCUT2D eigenvalue weighted by Gasteiger charge is -2.31. The third-order valence-corrected chi connectivity index (χ3v) is 5.11. The Morgan fingerprint density at radius 1 is 1.03 bits per heavy atom. The molecule has 29 heavy (non-hydrogen) atoms. The quantitative estimate of drug-likeness (QED) is 0.620. The standard InChI is InChI=1S/C23H27N5O/c1-17-14-18(2)26-23(25-17)27-24-16-21-9-8-20(15-19-6-4-3-5-7-19)22(21)28-10-12-29-13-11-28/h3-7,14-16H,8-13H2,1-2H3,(H,25,26,27)/b20-15+,24-16+. The molecule has 0 saturated carbocycles. The van der Waals surface area contributed by atoms with E-state index in [-0.39, 0.29) is 0 Å². The second-order valence-electron chi connectivity index (χ2n) is 7.40. The predicted molar refractivity (Wildman–Crippen MR) is 117 cm³/mol. The molecule has 1 aliphatic carbocycles. The van der Waals surface area contributed by atoms with Crippen molar-refractivity contribution in [1.29, 1.82) is 0 Å². The molecule has 2 aromatic rings. The summed E-state index contributed by atoms with van der Waals surface area (Å²) >= 11 is 0. The minimum atomic E-state index is 0.533. The van der Waals surface area contributed by atoms with Crippen molar-refractivity contribution in [3.8, 4) is 0 Å². The fourth-order valence-corrected chi connectivity index (χ4v) is 3.87. The molecule has 6 heteroatoms. The van der Waals surface area contributed by atoms with Crippen molar-refractivity contribution in [1.82, 2.24) is 14.9 Å². The number of aryl methyl sites for hydroxylation is 2. The Morgan fingerprint density at radius 2 is 1.76 bits per heavy atom. The Bertz CT molecular complexity index is 923. The highest BCUT2D eigenvalue weighted by Crippen LogP contribution is 2.35. The van der Waals surface area contributed by atoms with Crippen molar-refractivity contribution >= 4 is 18.2 Å². The highest BCUT2D eigenvalue weighted by Gasteiger charge is 2.25. The van der Waals surface area contributed by atoms with Gasteiger partial charge in [0.1, 0.15) is 0 Å². The van der Waals surface area contributed by atoms with Crippen LogP contribution in [0.25, 0.3) is 6.08 Å². The molecule has 0 radical (unpaired) electrons. The zero-order valence-corrected chi connectivity index (χ0v) is 17.1. The molecule has 0 atom stereocenters. The molecule has 0 unspecified atom stereocenters. The SMILES string of the molecule is Cc1cc(C)nc(N/N=C/C2=C(N3CCOCC3)C(=C/c3ccccc3)/CC2)n1. The number of rotatable bonds is 5. The number of anilines is 1. The van der Waals surface area contributed by atoms with Gasteiger partial charge < -0.3 is 9.64 Å². The monoisotopic (exact) mass is 389 g/mol. The highest BCUT2D eigenvalue weighted by atomic mass is 16.5. The van der Waals surface area contributed by atoms with Crippen LogP contribution in [0.5, 0.6) is 0 Å². The first-order chi connectivity index (χ1) is 14.2. The van der Waals surface area contributed by atoms with Crippen LogP contribution in [-0.2, 0) is 4.74 Å². The molecule has 2 aliphatic rings. The molecule has 0 bridgehead atoms. The molecule has 4 rings (SSSR count). The number of hydrogen-bond acceptors (Lipinski definition) is 6. The van der Waals surface area contributed by atoms with E-state index in [4.69, 9.17) is 4.74 Å². The van der Waals surface area contributed by atoms with Gasteiger partial charge in [-0.3, -0.25) is 0 Å². The average Bonchev–Trinajstić information content (AvgIpc) is 3.11. The lowest BCUT2D eigenvalue weighted by molar-refractivity contribution is 0.0548. The van der Waals surface area contributed by atoms with Gasteiger partial charge in [0.25, 0.3) is 0 Å². The van der Waals surface area contributed by atoms with E-state index in [2.05, 4.69) is 55.7 Å². The average molecular weight is 390 g/mol. The summed E-state index contributed by atoms with van der Waals surface area (Å²) in [6, 6.07) is 12.5. The van der Waals surface area contributed by atoms with Crippen molar-refractivity contribution in [2.24, 2.45) is 5.10 Å². The lowest BCUT2D eigenvalue weighted by atomic mass is 10.1. The van der Waals surface area contributed by atoms with Gasteiger partial charge in [-0.1, -0.05) is 30.3 Å². The van der Waals surface area contributed by atoms with E-state index in [1.807, 2.05) is 32.2 Å². The molecule has 2 heterocycles. The van der Waals surface area contributed by atoms with E-state index >= 15 is 0 Å². The van der Waals surface area contributed by atoms with Crippen LogP contribution in [0.1, 0.15) is 29.8 Å². The second-order valence-corrected chi connectivity index (χ2v) is 7.40. The van der Waals surface area contributed by atoms with Gasteiger partial charge >= 0.3 is 0 Å². The van der Waals surface area contributed by atoms with Crippen molar-refractivity contribution < 1.29 is 4.74 Å². The molecule has 0 spiro atoms. The predicted octanol–water partition coefficient (Wildman–Crippen LogP) is 3.95. The van der Waals surface area contributed by atoms with Crippen LogP contribution in [0.2, 0.25) is 0 Å². The maximum atomic E-state index is 5.56. The summed E-state index contributed by atoms with van der Waals surface area (Å²) < 4.78 is 5.56. The third-order valence-electron chi connectivity index (χ3n) is 5.11.